The number of aliphatic hydroxyl groups is 1. The second-order valence-electron chi connectivity index (χ2n) is 7.93. The number of halogens is 2. The van der Waals surface area contributed by atoms with Crippen molar-refractivity contribution in [2.45, 2.75) is 11.5 Å². The van der Waals surface area contributed by atoms with Gasteiger partial charge in [0.1, 0.15) is 5.82 Å². The average Bonchev–Trinajstić information content (AvgIpc) is 2.83. The van der Waals surface area contributed by atoms with E-state index < -0.39 is 22.0 Å². The molecule has 184 valence electrons. The minimum Gasteiger partial charge on any atom is -0.392 e. The zero-order valence-electron chi connectivity index (χ0n) is 19.1. The highest BCUT2D eigenvalue weighted by Crippen LogP contribution is 2.40. The molecule has 4 rings (SSSR count). The fourth-order valence-corrected chi connectivity index (χ4v) is 6.13. The van der Waals surface area contributed by atoms with Gasteiger partial charge in [-0.2, -0.15) is 9.19 Å². The van der Waals surface area contributed by atoms with E-state index >= 15 is 4.39 Å². The van der Waals surface area contributed by atoms with Gasteiger partial charge in [-0.1, -0.05) is 35.9 Å². The third-order valence-electron chi connectivity index (χ3n) is 5.40. The largest absolute Gasteiger partial charge is 0.392 e. The van der Waals surface area contributed by atoms with Crippen LogP contribution in [0.25, 0.3) is 22.2 Å². The molecule has 0 fully saturated rings. The molecule has 2 aromatic carbocycles. The summed E-state index contributed by atoms with van der Waals surface area (Å²) in [4.78, 5) is 12.8. The monoisotopic (exact) mass is 518 g/mol. The molecule has 0 aliphatic heterocycles. The number of benzene rings is 2. The lowest BCUT2D eigenvalue weighted by atomic mass is 10.0. The number of fused-ring (bicyclic) bond motifs is 1. The molecule has 0 aliphatic carbocycles. The number of anilines is 3. The van der Waals surface area contributed by atoms with Gasteiger partial charge in [0.2, 0.25) is 5.95 Å². The van der Waals surface area contributed by atoms with E-state index in [1.807, 2.05) is 0 Å². The van der Waals surface area contributed by atoms with Crippen LogP contribution < -0.4 is 15.4 Å². The van der Waals surface area contributed by atoms with Crippen LogP contribution in [-0.4, -0.2) is 49.2 Å². The topological polar surface area (TPSA) is 132 Å². The van der Waals surface area contributed by atoms with Gasteiger partial charge in [-0.25, -0.2) is 14.4 Å². The lowest BCUT2D eigenvalue weighted by Gasteiger charge is -2.41. The number of nitrogens with one attached hydrogen (secondary N) is 3. The van der Waals surface area contributed by atoms with Crippen LogP contribution in [0.15, 0.2) is 53.6 Å². The smallest absolute Gasteiger partial charge is 0.224 e. The highest BCUT2D eigenvalue weighted by Gasteiger charge is 2.29. The summed E-state index contributed by atoms with van der Waals surface area (Å²) in [5.74, 6) is 0.00110. The predicted molar refractivity (Wildman–Crippen MR) is 138 cm³/mol. The van der Waals surface area contributed by atoms with Crippen LogP contribution in [0.2, 0.25) is 5.02 Å². The Morgan fingerprint density at radius 3 is 2.51 bits per heavy atom. The zero-order valence-corrected chi connectivity index (χ0v) is 20.7. The van der Waals surface area contributed by atoms with Crippen molar-refractivity contribution in [2.75, 3.05) is 35.7 Å². The van der Waals surface area contributed by atoms with Crippen molar-refractivity contribution < 1.29 is 18.3 Å². The van der Waals surface area contributed by atoms with E-state index in [0.29, 0.717) is 28.4 Å². The molecule has 12 heteroatoms. The van der Waals surface area contributed by atoms with Crippen LogP contribution in [0.1, 0.15) is 5.56 Å². The lowest BCUT2D eigenvalue weighted by molar-refractivity contribution is 0.281. The van der Waals surface area contributed by atoms with E-state index in [9.17, 15) is 13.9 Å². The van der Waals surface area contributed by atoms with E-state index in [1.54, 1.807) is 32.4 Å². The van der Waals surface area contributed by atoms with Gasteiger partial charge >= 0.3 is 0 Å². The number of pyridine rings is 1. The summed E-state index contributed by atoms with van der Waals surface area (Å²) in [5.41, 5.74) is 1.04. The molecule has 0 spiro atoms. The van der Waals surface area contributed by atoms with Crippen molar-refractivity contribution >= 4 is 49.6 Å². The molecule has 0 saturated carbocycles. The number of nitrogens with zero attached hydrogens (tertiary/aromatic N) is 3. The second kappa shape index (κ2) is 9.00. The lowest BCUT2D eigenvalue weighted by Crippen LogP contribution is -2.40. The van der Waals surface area contributed by atoms with Crippen LogP contribution in [0.3, 0.4) is 0 Å². The molecule has 4 aromatic rings. The van der Waals surface area contributed by atoms with Crippen LogP contribution in [-0.2, 0) is 16.1 Å². The van der Waals surface area contributed by atoms with Gasteiger partial charge in [0.15, 0.2) is 11.5 Å². The maximum Gasteiger partial charge on any atom is 0.224 e. The van der Waals surface area contributed by atoms with Gasteiger partial charge in [0.05, 0.1) is 22.2 Å². The van der Waals surface area contributed by atoms with Crippen molar-refractivity contribution in [3.8, 4) is 11.1 Å². The summed E-state index contributed by atoms with van der Waals surface area (Å²) in [7, 11) is -1.54. The molecule has 35 heavy (non-hydrogen) atoms. The molecular formula is C23H24ClFN6O3S. The van der Waals surface area contributed by atoms with E-state index in [0.717, 1.165) is 6.26 Å². The van der Waals surface area contributed by atoms with Crippen molar-refractivity contribution in [3.63, 3.8) is 0 Å². The molecule has 0 bridgehead atoms. The first-order valence-electron chi connectivity index (χ1n) is 10.4. The molecule has 9 nitrogen and oxygen atoms in total. The SMILES string of the molecule is CNc1ncc2cc(-c3cccc(NS(C)(=O)(O)c4cccc(CO)c4Cl)c3F)c(NC)nc2n1. The Bertz CT molecular complexity index is 1510. The van der Waals surface area contributed by atoms with Crippen molar-refractivity contribution in [2.24, 2.45) is 0 Å². The van der Waals surface area contributed by atoms with Gasteiger partial charge in [0.25, 0.3) is 0 Å². The summed E-state index contributed by atoms with van der Waals surface area (Å²) in [6, 6.07) is 10.5. The predicted octanol–water partition coefficient (Wildman–Crippen LogP) is 4.37. The van der Waals surface area contributed by atoms with Crippen LogP contribution in [0, 0.1) is 5.82 Å². The summed E-state index contributed by atoms with van der Waals surface area (Å²) in [6.07, 6.45) is 2.61. The third-order valence-corrected chi connectivity index (χ3v) is 8.04. The molecule has 2 aromatic heterocycles. The van der Waals surface area contributed by atoms with Gasteiger partial charge in [-0.3, -0.25) is 9.27 Å². The Balaban J connectivity index is 1.83. The quantitative estimate of drug-likeness (QED) is 0.244. The fraction of sp³-hybridized carbons (Fsp3) is 0.174. The van der Waals surface area contributed by atoms with E-state index in [1.165, 1.54) is 30.3 Å². The van der Waals surface area contributed by atoms with Gasteiger partial charge in [-0.05, 0) is 23.8 Å². The summed E-state index contributed by atoms with van der Waals surface area (Å²) in [5, 5.41) is 15.8. The minimum absolute atomic E-state index is 0.0711. The van der Waals surface area contributed by atoms with Crippen LogP contribution in [0.5, 0.6) is 0 Å². The zero-order chi connectivity index (χ0) is 25.4. The van der Waals surface area contributed by atoms with Crippen LogP contribution in [0.4, 0.5) is 21.8 Å². The number of rotatable bonds is 7. The second-order valence-corrected chi connectivity index (χ2v) is 11.5. The van der Waals surface area contributed by atoms with E-state index in [-0.39, 0.29) is 26.7 Å². The van der Waals surface area contributed by atoms with Crippen molar-refractivity contribution in [1.82, 2.24) is 15.0 Å². The maximum absolute atomic E-state index is 15.8. The van der Waals surface area contributed by atoms with Crippen molar-refractivity contribution in [1.29, 1.82) is 0 Å². The molecule has 5 N–H and O–H groups in total. The Morgan fingerprint density at radius 2 is 1.83 bits per heavy atom. The molecule has 0 atom stereocenters. The molecule has 0 saturated heterocycles. The van der Waals surface area contributed by atoms with E-state index in [4.69, 9.17) is 11.6 Å². The molecule has 0 unspecified atom stereocenters. The molecule has 2 heterocycles. The number of aromatic nitrogens is 3. The molecular weight excluding hydrogens is 495 g/mol. The Kier molecular flexibility index (Phi) is 6.36. The maximum atomic E-state index is 15.8. The third kappa shape index (κ3) is 4.63. The number of aliphatic hydroxyl groups excluding tert-OH is 1. The highest BCUT2D eigenvalue weighted by molar-refractivity contribution is 8.15. The summed E-state index contributed by atoms with van der Waals surface area (Å²) >= 11 is 6.27. The Hall–Kier alpha value is -3.38. The first kappa shape index (κ1) is 24.7. The van der Waals surface area contributed by atoms with Crippen molar-refractivity contribution in [3.05, 3.63) is 65.1 Å². The van der Waals surface area contributed by atoms with Crippen LogP contribution >= 0.6 is 11.6 Å². The molecule has 0 radical (unpaired) electrons. The highest BCUT2D eigenvalue weighted by atomic mass is 35.5. The minimum atomic E-state index is -4.88. The van der Waals surface area contributed by atoms with Gasteiger partial charge < -0.3 is 15.7 Å². The van der Waals surface area contributed by atoms with Gasteiger partial charge in [-0.15, -0.1) is 9.53 Å². The number of hydrogen-bond acceptors (Lipinski definition) is 7. The summed E-state index contributed by atoms with van der Waals surface area (Å²) in [6.45, 7) is -0.416. The standard InChI is InChI=1S/C23H24ClFN6O3S/c1-26-22-16(10-14-11-28-23(27-2)30-21(14)29-22)15-7-5-8-17(20(15)25)31-35(3,33,34)18-9-4-6-13(12-32)19(18)24/h4-11,32H,12H2,1-3H3,(H2,31,33,34)(H2,26,27,28,29,30). The van der Waals surface area contributed by atoms with Gasteiger partial charge in [0, 0.05) is 43.1 Å². The van der Waals surface area contributed by atoms with E-state index in [2.05, 4.69) is 30.3 Å². The first-order chi connectivity index (χ1) is 16.6. The Labute approximate surface area is 206 Å². The Morgan fingerprint density at radius 1 is 1.09 bits per heavy atom. The summed E-state index contributed by atoms with van der Waals surface area (Å²) < 4.78 is 43.1. The fourth-order valence-electron chi connectivity index (χ4n) is 3.66. The average molecular weight is 519 g/mol. The molecule has 0 amide bonds. The number of hydrogen-bond donors (Lipinski definition) is 5. The normalized spacial score (nSPS) is 12.7. The first-order valence-corrected chi connectivity index (χ1v) is 13.2. The molecule has 0 aliphatic rings.